The summed E-state index contributed by atoms with van der Waals surface area (Å²) in [5, 5.41) is 0. The summed E-state index contributed by atoms with van der Waals surface area (Å²) in [4.78, 5) is 2.39. The highest BCUT2D eigenvalue weighted by atomic mass is 15.2. The van der Waals surface area contributed by atoms with Crippen LogP contribution in [0.2, 0.25) is 0 Å². The van der Waals surface area contributed by atoms with E-state index in [1.165, 1.54) is 13.1 Å². The summed E-state index contributed by atoms with van der Waals surface area (Å²) in [5.41, 5.74) is 0.549. The molecule has 1 aliphatic heterocycles. The van der Waals surface area contributed by atoms with Crippen LogP contribution in [-0.4, -0.2) is 24.5 Å². The first kappa shape index (κ1) is 8.62. The van der Waals surface area contributed by atoms with Gasteiger partial charge in [-0.15, -0.1) is 5.92 Å². The number of rotatable bonds is 1. The van der Waals surface area contributed by atoms with Crippen LogP contribution < -0.4 is 0 Å². The average molecular weight is 151 g/mol. The lowest BCUT2D eigenvalue weighted by Crippen LogP contribution is -2.52. The Kier molecular flexibility index (Phi) is 2.57. The molecule has 0 aromatic heterocycles. The molecule has 1 nitrogen and oxygen atoms in total. The van der Waals surface area contributed by atoms with Crippen LogP contribution in [0.1, 0.15) is 27.2 Å². The second-order valence-corrected chi connectivity index (χ2v) is 4.02. The maximum atomic E-state index is 3.15. The zero-order valence-electron chi connectivity index (χ0n) is 7.78. The molecule has 1 heterocycles. The van der Waals surface area contributed by atoms with Crippen molar-refractivity contribution in [2.45, 2.75) is 27.2 Å². The lowest BCUT2D eigenvalue weighted by atomic mass is 9.84. The van der Waals surface area contributed by atoms with Crippen molar-refractivity contribution in [1.29, 1.82) is 0 Å². The smallest absolute Gasteiger partial charge is 0.0601 e. The van der Waals surface area contributed by atoms with Crippen molar-refractivity contribution in [3.05, 3.63) is 0 Å². The second kappa shape index (κ2) is 3.28. The zero-order valence-corrected chi connectivity index (χ0v) is 7.78. The largest absolute Gasteiger partial charge is 0.291 e. The van der Waals surface area contributed by atoms with Crippen molar-refractivity contribution in [3.8, 4) is 11.8 Å². The minimum Gasteiger partial charge on any atom is -0.291 e. The SMILES string of the molecule is CCC#CCN1CC(C)(C)C1. The Bertz CT molecular complexity index is 175. The van der Waals surface area contributed by atoms with Crippen LogP contribution in [0.3, 0.4) is 0 Å². The third kappa shape index (κ3) is 2.55. The van der Waals surface area contributed by atoms with Crippen LogP contribution in [0.4, 0.5) is 0 Å². The monoisotopic (exact) mass is 151 g/mol. The molecule has 62 valence electrons. The van der Waals surface area contributed by atoms with Crippen molar-refractivity contribution in [2.75, 3.05) is 19.6 Å². The van der Waals surface area contributed by atoms with Gasteiger partial charge in [0.15, 0.2) is 0 Å². The molecule has 11 heavy (non-hydrogen) atoms. The highest BCUT2D eigenvalue weighted by Gasteiger charge is 2.32. The van der Waals surface area contributed by atoms with E-state index in [1.807, 2.05) is 0 Å². The lowest BCUT2D eigenvalue weighted by Gasteiger charge is -2.44. The Morgan fingerprint density at radius 2 is 1.91 bits per heavy atom. The van der Waals surface area contributed by atoms with E-state index in [2.05, 4.69) is 37.5 Å². The maximum Gasteiger partial charge on any atom is 0.0601 e. The van der Waals surface area contributed by atoms with Crippen LogP contribution in [0.5, 0.6) is 0 Å². The Morgan fingerprint density at radius 1 is 1.27 bits per heavy atom. The van der Waals surface area contributed by atoms with E-state index < -0.39 is 0 Å². The maximum absolute atomic E-state index is 3.15. The Hall–Kier alpha value is -0.480. The van der Waals surface area contributed by atoms with Gasteiger partial charge in [0, 0.05) is 19.5 Å². The minimum atomic E-state index is 0.549. The fourth-order valence-corrected chi connectivity index (χ4v) is 1.57. The molecule has 0 radical (unpaired) electrons. The van der Waals surface area contributed by atoms with Crippen LogP contribution in [-0.2, 0) is 0 Å². The van der Waals surface area contributed by atoms with Crippen molar-refractivity contribution < 1.29 is 0 Å². The average Bonchev–Trinajstić information content (AvgIpc) is 1.84. The molecule has 0 aromatic rings. The minimum absolute atomic E-state index is 0.549. The zero-order chi connectivity index (χ0) is 8.32. The molecule has 0 saturated carbocycles. The fourth-order valence-electron chi connectivity index (χ4n) is 1.57. The fraction of sp³-hybridized carbons (Fsp3) is 0.800. The van der Waals surface area contributed by atoms with Gasteiger partial charge in [0.05, 0.1) is 6.54 Å². The summed E-state index contributed by atoms with van der Waals surface area (Å²) in [6, 6.07) is 0. The van der Waals surface area contributed by atoms with E-state index in [4.69, 9.17) is 0 Å². The molecular weight excluding hydrogens is 134 g/mol. The third-order valence-corrected chi connectivity index (χ3v) is 1.91. The molecular formula is C10H17N. The molecule has 0 aromatic carbocycles. The van der Waals surface area contributed by atoms with E-state index in [9.17, 15) is 0 Å². The van der Waals surface area contributed by atoms with Gasteiger partial charge in [-0.25, -0.2) is 0 Å². The Morgan fingerprint density at radius 3 is 2.36 bits per heavy atom. The van der Waals surface area contributed by atoms with Gasteiger partial charge in [-0.05, 0) is 5.41 Å². The summed E-state index contributed by atoms with van der Waals surface area (Å²) >= 11 is 0. The van der Waals surface area contributed by atoms with Gasteiger partial charge >= 0.3 is 0 Å². The number of likely N-dealkylation sites (tertiary alicyclic amines) is 1. The van der Waals surface area contributed by atoms with Crippen LogP contribution in [0.15, 0.2) is 0 Å². The summed E-state index contributed by atoms with van der Waals surface area (Å²) in [7, 11) is 0. The predicted molar refractivity (Wildman–Crippen MR) is 48.3 cm³/mol. The van der Waals surface area contributed by atoms with Crippen molar-refractivity contribution >= 4 is 0 Å². The quantitative estimate of drug-likeness (QED) is 0.516. The van der Waals surface area contributed by atoms with Gasteiger partial charge in [-0.3, -0.25) is 4.90 Å². The molecule has 0 atom stereocenters. The van der Waals surface area contributed by atoms with Gasteiger partial charge in [0.1, 0.15) is 0 Å². The third-order valence-electron chi connectivity index (χ3n) is 1.91. The van der Waals surface area contributed by atoms with E-state index in [0.717, 1.165) is 13.0 Å². The molecule has 1 rings (SSSR count). The normalized spacial score (nSPS) is 21.7. The van der Waals surface area contributed by atoms with Gasteiger partial charge in [0.25, 0.3) is 0 Å². The van der Waals surface area contributed by atoms with E-state index in [1.54, 1.807) is 0 Å². The highest BCUT2D eigenvalue weighted by molar-refractivity contribution is 5.03. The number of hydrogen-bond donors (Lipinski definition) is 0. The van der Waals surface area contributed by atoms with Crippen LogP contribution >= 0.6 is 0 Å². The van der Waals surface area contributed by atoms with Gasteiger partial charge in [0.2, 0.25) is 0 Å². The van der Waals surface area contributed by atoms with Gasteiger partial charge in [-0.2, -0.15) is 0 Å². The molecule has 1 aliphatic rings. The van der Waals surface area contributed by atoms with E-state index >= 15 is 0 Å². The summed E-state index contributed by atoms with van der Waals surface area (Å²) in [5.74, 6) is 6.23. The molecule has 0 unspecified atom stereocenters. The predicted octanol–water partition coefficient (Wildman–Crippen LogP) is 1.74. The molecule has 1 saturated heterocycles. The first-order valence-corrected chi connectivity index (χ1v) is 4.32. The molecule has 0 bridgehead atoms. The number of hydrogen-bond acceptors (Lipinski definition) is 1. The Balaban J connectivity index is 2.14. The summed E-state index contributed by atoms with van der Waals surface area (Å²) in [6.45, 7) is 10.1. The standard InChI is InChI=1S/C10H17N/c1-4-5-6-7-11-8-10(2,3)9-11/h4,7-9H2,1-3H3. The molecule has 0 spiro atoms. The second-order valence-electron chi connectivity index (χ2n) is 4.02. The van der Waals surface area contributed by atoms with Crippen LogP contribution in [0.25, 0.3) is 0 Å². The highest BCUT2D eigenvalue weighted by Crippen LogP contribution is 2.27. The van der Waals surface area contributed by atoms with Crippen LogP contribution in [0, 0.1) is 17.3 Å². The van der Waals surface area contributed by atoms with Gasteiger partial charge in [-0.1, -0.05) is 26.7 Å². The summed E-state index contributed by atoms with van der Waals surface area (Å²) in [6.07, 6.45) is 0.983. The molecule has 0 N–H and O–H groups in total. The lowest BCUT2D eigenvalue weighted by molar-refractivity contribution is 0.0443. The van der Waals surface area contributed by atoms with Crippen molar-refractivity contribution in [3.63, 3.8) is 0 Å². The molecule has 0 amide bonds. The molecule has 0 aliphatic carbocycles. The molecule has 1 heteroatoms. The Labute approximate surface area is 69.8 Å². The molecule has 1 fully saturated rings. The van der Waals surface area contributed by atoms with E-state index in [-0.39, 0.29) is 0 Å². The first-order chi connectivity index (χ1) is 5.14. The van der Waals surface area contributed by atoms with Gasteiger partial charge < -0.3 is 0 Å². The summed E-state index contributed by atoms with van der Waals surface area (Å²) < 4.78 is 0. The van der Waals surface area contributed by atoms with Crippen molar-refractivity contribution in [2.24, 2.45) is 5.41 Å². The van der Waals surface area contributed by atoms with E-state index in [0.29, 0.717) is 5.41 Å². The first-order valence-electron chi connectivity index (χ1n) is 4.32. The van der Waals surface area contributed by atoms with Crippen molar-refractivity contribution in [1.82, 2.24) is 4.90 Å². The topological polar surface area (TPSA) is 3.24 Å². The number of nitrogens with zero attached hydrogens (tertiary/aromatic N) is 1.